The lowest BCUT2D eigenvalue weighted by molar-refractivity contribution is -0.150. The first-order valence-electron chi connectivity index (χ1n) is 14.0. The third-order valence-electron chi connectivity index (χ3n) is 7.32. The van der Waals surface area contributed by atoms with Gasteiger partial charge in [0, 0.05) is 30.3 Å². The number of phenolic OH excluding ortho intramolecular Hbond substituents is 1. The number of β-lactam (4-membered cyclic amide) rings is 1. The number of allylic oxidation sites excluding steroid dienone is 1. The number of nitrogens with zero attached hydrogens (tertiary/aromatic N) is 2. The minimum absolute atomic E-state index is 0.0471. The third kappa shape index (κ3) is 7.19. The number of aromatic hydroxyl groups is 1. The molecule has 3 amide bonds. The van der Waals surface area contributed by atoms with Crippen molar-refractivity contribution in [1.29, 1.82) is 0 Å². The van der Waals surface area contributed by atoms with Gasteiger partial charge in [0.2, 0.25) is 5.91 Å². The molecule has 0 bridgehead atoms. The Labute approximate surface area is 262 Å². The molecule has 2 saturated heterocycles. The number of amides is 3. The van der Waals surface area contributed by atoms with Crippen LogP contribution in [0.5, 0.6) is 11.5 Å². The van der Waals surface area contributed by atoms with E-state index in [0.29, 0.717) is 46.6 Å². The van der Waals surface area contributed by atoms with Crippen molar-refractivity contribution in [3.63, 3.8) is 0 Å². The number of nitrogens with one attached hydrogen (secondary N) is 3. The van der Waals surface area contributed by atoms with Crippen molar-refractivity contribution in [2.24, 2.45) is 0 Å². The van der Waals surface area contributed by atoms with E-state index in [1.807, 2.05) is 0 Å². The van der Waals surface area contributed by atoms with Gasteiger partial charge in [-0.15, -0.1) is 11.8 Å². The summed E-state index contributed by atoms with van der Waals surface area (Å²) in [7, 11) is 0. The summed E-state index contributed by atoms with van der Waals surface area (Å²) >= 11 is 1.31. The van der Waals surface area contributed by atoms with Crippen LogP contribution < -0.4 is 15.4 Å². The number of rotatable bonds is 9. The second-order valence-corrected chi connectivity index (χ2v) is 11.4. The number of aromatic amines is 1. The molecular formula is C31H31N5O8S. The molecule has 0 saturated carbocycles. The Bertz CT molecular complexity index is 1620. The Morgan fingerprint density at radius 2 is 1.93 bits per heavy atom. The fourth-order valence-electron chi connectivity index (χ4n) is 5.20. The number of carbonyl (C=O) groups is 4. The number of carbonyl (C=O) groups excluding carboxylic acids is 3. The molecule has 0 radical (unpaired) electrons. The fraction of sp³-hybridized carbons (Fsp3) is 0.258. The molecule has 2 aromatic carbocycles. The highest BCUT2D eigenvalue weighted by atomic mass is 32.2. The summed E-state index contributed by atoms with van der Waals surface area (Å²) in [5.74, 6) is -2.01. The monoisotopic (exact) mass is 633 g/mol. The summed E-state index contributed by atoms with van der Waals surface area (Å²) in [5.41, 5.74) is 2.53. The number of thioether (sulfide) groups is 1. The van der Waals surface area contributed by atoms with Crippen LogP contribution in [0.25, 0.3) is 0 Å². The number of carboxylic acids is 1. The number of H-pyrrole nitrogens is 1. The number of phenols is 1. The van der Waals surface area contributed by atoms with Gasteiger partial charge in [-0.05, 0) is 59.4 Å². The van der Waals surface area contributed by atoms with E-state index in [-0.39, 0.29) is 42.7 Å². The molecule has 2 fully saturated rings. The molecule has 0 spiro atoms. The quantitative estimate of drug-likeness (QED) is 0.148. The van der Waals surface area contributed by atoms with Crippen LogP contribution in [0, 0.1) is 0 Å². The number of fused-ring (bicyclic) bond motifs is 1. The number of ether oxygens (including phenoxy) is 1. The van der Waals surface area contributed by atoms with Gasteiger partial charge >= 0.3 is 5.97 Å². The summed E-state index contributed by atoms with van der Waals surface area (Å²) in [6.07, 6.45) is 5.69. The van der Waals surface area contributed by atoms with Gasteiger partial charge < -0.3 is 35.7 Å². The molecule has 6 N–H and O–H groups in total. The zero-order chi connectivity index (χ0) is 31.9. The molecule has 3 aliphatic rings. The highest BCUT2D eigenvalue weighted by molar-refractivity contribution is 8.00. The summed E-state index contributed by atoms with van der Waals surface area (Å²) in [4.78, 5) is 58.4. The van der Waals surface area contributed by atoms with Crippen molar-refractivity contribution in [1.82, 2.24) is 25.5 Å². The van der Waals surface area contributed by atoms with Gasteiger partial charge in [-0.2, -0.15) is 0 Å². The van der Waals surface area contributed by atoms with Crippen molar-refractivity contribution >= 4 is 35.5 Å². The average Bonchev–Trinajstić information content (AvgIpc) is 3.77. The van der Waals surface area contributed by atoms with Gasteiger partial charge in [0.25, 0.3) is 11.8 Å². The molecule has 3 aliphatic heterocycles. The Morgan fingerprint density at radius 1 is 1.13 bits per heavy atom. The fourth-order valence-corrected chi connectivity index (χ4v) is 6.58. The Kier molecular flexibility index (Phi) is 9.85. The van der Waals surface area contributed by atoms with Gasteiger partial charge in [-0.3, -0.25) is 19.3 Å². The SMILES string of the molecule is O=C(COc1ccc(CO)cc1)N[C@@H]1C(=O)N2C(C(=O)O)=C(/C(Cc3cccc(O)c3)=C3\CCNC3=O)CS[C@H]12.c1c[nH]cn1. The number of aliphatic carboxylic acids is 1. The van der Waals surface area contributed by atoms with Gasteiger partial charge in [-0.1, -0.05) is 24.3 Å². The molecule has 0 aliphatic carbocycles. The summed E-state index contributed by atoms with van der Waals surface area (Å²) < 4.78 is 5.46. The zero-order valence-electron chi connectivity index (χ0n) is 23.9. The minimum atomic E-state index is -1.31. The predicted molar refractivity (Wildman–Crippen MR) is 163 cm³/mol. The van der Waals surface area contributed by atoms with Crippen molar-refractivity contribution < 1.29 is 39.2 Å². The lowest BCUT2D eigenvalue weighted by Crippen LogP contribution is -2.70. The molecule has 14 heteroatoms. The molecular weight excluding hydrogens is 602 g/mol. The number of hydrogen-bond donors (Lipinski definition) is 6. The first-order chi connectivity index (χ1) is 21.8. The molecule has 0 unspecified atom stereocenters. The van der Waals surface area contributed by atoms with Crippen LogP contribution in [0.1, 0.15) is 17.5 Å². The number of carboxylic acid groups (broad SMARTS) is 1. The molecule has 13 nitrogen and oxygen atoms in total. The van der Waals surface area contributed by atoms with Crippen LogP contribution in [-0.4, -0.2) is 84.2 Å². The first kappa shape index (κ1) is 31.3. The standard InChI is InChI=1S/C28H27N3O8S.C3H4N2/c32-12-15-4-6-18(7-5-15)39-13-22(34)30-23-26(36)31-24(28(37)38)21(14-40-27(23)31)20(19-8-9-29-25(19)35)11-16-2-1-3-17(33)10-16;1-2-5-3-4-1/h1-7,10,23,27,32-33H,8-9,11-14H2,(H,29,35)(H,30,34)(H,37,38);1-3H,(H,4,5)/b20-19+;/t23-,27-;/m1./s1. The van der Waals surface area contributed by atoms with Crippen molar-refractivity contribution in [3.8, 4) is 11.5 Å². The smallest absolute Gasteiger partial charge is 0.352 e. The summed E-state index contributed by atoms with van der Waals surface area (Å²) in [5, 5.41) is 34.0. The van der Waals surface area contributed by atoms with Crippen LogP contribution in [-0.2, 0) is 32.2 Å². The van der Waals surface area contributed by atoms with Gasteiger partial charge in [0.15, 0.2) is 6.61 Å². The Hall–Kier alpha value is -5.08. The number of benzene rings is 2. The highest BCUT2D eigenvalue weighted by Gasteiger charge is 2.54. The lowest BCUT2D eigenvalue weighted by Gasteiger charge is -2.49. The van der Waals surface area contributed by atoms with E-state index in [4.69, 9.17) is 9.84 Å². The van der Waals surface area contributed by atoms with E-state index < -0.39 is 29.2 Å². The number of aliphatic hydroxyl groups excluding tert-OH is 1. The largest absolute Gasteiger partial charge is 0.508 e. The van der Waals surface area contributed by atoms with Gasteiger partial charge in [0.05, 0.1) is 12.9 Å². The van der Waals surface area contributed by atoms with Gasteiger partial charge in [-0.25, -0.2) is 9.78 Å². The molecule has 3 aromatic rings. The maximum atomic E-state index is 13.2. The zero-order valence-corrected chi connectivity index (χ0v) is 24.8. The normalized spacial score (nSPS) is 19.9. The molecule has 2 atom stereocenters. The van der Waals surface area contributed by atoms with Crippen molar-refractivity contribution in [3.05, 3.63) is 101 Å². The van der Waals surface area contributed by atoms with Gasteiger partial charge in [0.1, 0.15) is 28.6 Å². The molecule has 6 rings (SSSR count). The van der Waals surface area contributed by atoms with E-state index in [2.05, 4.69) is 20.6 Å². The molecule has 4 heterocycles. The topological polar surface area (TPSA) is 194 Å². The van der Waals surface area contributed by atoms with Crippen molar-refractivity contribution in [2.45, 2.75) is 30.9 Å². The second kappa shape index (κ2) is 14.1. The van der Waals surface area contributed by atoms with Crippen LogP contribution in [0.2, 0.25) is 0 Å². The number of aliphatic hydroxyl groups is 1. The Balaban J connectivity index is 0.000000729. The van der Waals surface area contributed by atoms with E-state index >= 15 is 0 Å². The summed E-state index contributed by atoms with van der Waals surface area (Å²) in [6, 6.07) is 12.1. The molecule has 234 valence electrons. The van der Waals surface area contributed by atoms with Crippen LogP contribution >= 0.6 is 11.8 Å². The average molecular weight is 634 g/mol. The molecule has 1 aromatic heterocycles. The molecule has 45 heavy (non-hydrogen) atoms. The van der Waals surface area contributed by atoms with E-state index in [0.717, 1.165) is 0 Å². The van der Waals surface area contributed by atoms with E-state index in [9.17, 15) is 29.4 Å². The summed E-state index contributed by atoms with van der Waals surface area (Å²) in [6.45, 7) is -0.0361. The van der Waals surface area contributed by atoms with E-state index in [1.165, 1.54) is 22.7 Å². The van der Waals surface area contributed by atoms with Crippen molar-refractivity contribution in [2.75, 3.05) is 18.9 Å². The van der Waals surface area contributed by atoms with Crippen LogP contribution in [0.15, 0.2) is 89.7 Å². The third-order valence-corrected chi connectivity index (χ3v) is 8.60. The highest BCUT2D eigenvalue weighted by Crippen LogP contribution is 2.43. The van der Waals surface area contributed by atoms with Crippen LogP contribution in [0.4, 0.5) is 0 Å². The van der Waals surface area contributed by atoms with E-state index in [1.54, 1.807) is 61.2 Å². The Morgan fingerprint density at radius 3 is 2.53 bits per heavy atom. The maximum Gasteiger partial charge on any atom is 0.352 e. The maximum absolute atomic E-state index is 13.2. The number of imidazole rings is 1. The first-order valence-corrected chi connectivity index (χ1v) is 15.1. The number of aromatic nitrogens is 2. The lowest BCUT2D eigenvalue weighted by atomic mass is 9.90. The second-order valence-electron chi connectivity index (χ2n) is 10.2. The predicted octanol–water partition coefficient (Wildman–Crippen LogP) is 1.47. The van der Waals surface area contributed by atoms with Crippen LogP contribution in [0.3, 0.4) is 0 Å². The number of hydrogen-bond acceptors (Lipinski definition) is 9. The minimum Gasteiger partial charge on any atom is -0.508 e.